The molecule has 0 unspecified atom stereocenters. The van der Waals surface area contributed by atoms with Crippen LogP contribution in [0, 0.1) is 31.3 Å². The van der Waals surface area contributed by atoms with Crippen molar-refractivity contribution in [2.45, 2.75) is 26.8 Å². The zero-order valence-electron chi connectivity index (χ0n) is 16.9. The first kappa shape index (κ1) is 20.6. The fourth-order valence-electron chi connectivity index (χ4n) is 3.53. The average Bonchev–Trinajstić information content (AvgIpc) is 3.15. The van der Waals surface area contributed by atoms with Gasteiger partial charge in [-0.05, 0) is 25.0 Å². The number of carbonyl (C=O) groups is 1. The molecule has 0 radical (unpaired) electrons. The van der Waals surface area contributed by atoms with Crippen molar-refractivity contribution in [1.29, 1.82) is 0 Å². The van der Waals surface area contributed by atoms with Crippen molar-refractivity contribution in [3.8, 4) is 0 Å². The Morgan fingerprint density at radius 3 is 2.39 bits per heavy atom. The van der Waals surface area contributed by atoms with E-state index in [-0.39, 0.29) is 5.56 Å². The summed E-state index contributed by atoms with van der Waals surface area (Å²) in [5, 5.41) is 6.73. The third-order valence-electron chi connectivity index (χ3n) is 5.21. The van der Waals surface area contributed by atoms with E-state index in [1.165, 1.54) is 6.20 Å². The number of halogens is 3. The smallest absolute Gasteiger partial charge is 0.257 e. The second kappa shape index (κ2) is 8.22. The Hall–Kier alpha value is -3.68. The van der Waals surface area contributed by atoms with Gasteiger partial charge in [0, 0.05) is 42.0 Å². The van der Waals surface area contributed by atoms with Crippen LogP contribution in [0.5, 0.6) is 0 Å². The van der Waals surface area contributed by atoms with E-state index < -0.39 is 35.5 Å². The molecule has 2 aromatic carbocycles. The van der Waals surface area contributed by atoms with Crippen molar-refractivity contribution in [1.82, 2.24) is 19.9 Å². The van der Waals surface area contributed by atoms with E-state index in [1.54, 1.807) is 4.52 Å². The van der Waals surface area contributed by atoms with E-state index in [0.717, 1.165) is 22.5 Å². The number of carbonyl (C=O) groups excluding carboxylic acids is 1. The zero-order chi connectivity index (χ0) is 22.1. The first-order chi connectivity index (χ1) is 14.8. The molecule has 0 saturated carbocycles. The molecule has 0 aliphatic carbocycles. The largest absolute Gasteiger partial charge is 0.348 e. The number of aryl methyl sites for hydroxylation is 2. The minimum Gasteiger partial charge on any atom is -0.348 e. The van der Waals surface area contributed by atoms with Gasteiger partial charge in [0.25, 0.3) is 5.91 Å². The van der Waals surface area contributed by atoms with Crippen molar-refractivity contribution >= 4 is 11.6 Å². The summed E-state index contributed by atoms with van der Waals surface area (Å²) in [6, 6.07) is 11.1. The third-order valence-corrected chi connectivity index (χ3v) is 5.21. The van der Waals surface area contributed by atoms with Gasteiger partial charge < -0.3 is 5.32 Å². The Kier molecular flexibility index (Phi) is 5.46. The van der Waals surface area contributed by atoms with Crippen molar-refractivity contribution in [2.75, 3.05) is 0 Å². The van der Waals surface area contributed by atoms with Crippen molar-refractivity contribution in [3.63, 3.8) is 0 Å². The maximum absolute atomic E-state index is 13.8. The monoisotopic (exact) mass is 424 g/mol. The molecule has 0 fully saturated rings. The summed E-state index contributed by atoms with van der Waals surface area (Å²) in [4.78, 5) is 17.2. The average molecular weight is 424 g/mol. The number of fused-ring (bicyclic) bond motifs is 1. The van der Waals surface area contributed by atoms with Gasteiger partial charge in [0.15, 0.2) is 5.65 Å². The van der Waals surface area contributed by atoms with Crippen molar-refractivity contribution in [2.24, 2.45) is 0 Å². The molecule has 0 spiro atoms. The van der Waals surface area contributed by atoms with Gasteiger partial charge in [0.2, 0.25) is 0 Å². The van der Waals surface area contributed by atoms with Crippen LogP contribution in [-0.4, -0.2) is 20.5 Å². The van der Waals surface area contributed by atoms with E-state index >= 15 is 0 Å². The van der Waals surface area contributed by atoms with Gasteiger partial charge in [0.1, 0.15) is 23.0 Å². The predicted octanol–water partition coefficient (Wildman–Crippen LogP) is 4.28. The number of amides is 1. The molecular formula is C23H19F3N4O. The van der Waals surface area contributed by atoms with Gasteiger partial charge in [-0.3, -0.25) is 4.79 Å². The number of aromatic nitrogens is 3. The molecule has 2 heterocycles. The van der Waals surface area contributed by atoms with Crippen LogP contribution in [0.3, 0.4) is 0 Å². The molecule has 1 amide bonds. The maximum atomic E-state index is 13.8. The lowest BCUT2D eigenvalue weighted by molar-refractivity contribution is 0.0951. The zero-order valence-corrected chi connectivity index (χ0v) is 16.9. The van der Waals surface area contributed by atoms with Crippen LogP contribution >= 0.6 is 0 Å². The summed E-state index contributed by atoms with van der Waals surface area (Å²) < 4.78 is 42.3. The minimum absolute atomic E-state index is 0.181. The van der Waals surface area contributed by atoms with E-state index in [9.17, 15) is 18.0 Å². The molecule has 0 aliphatic rings. The summed E-state index contributed by atoms with van der Waals surface area (Å²) >= 11 is 0. The molecule has 0 bridgehead atoms. The molecule has 5 nitrogen and oxygen atoms in total. The van der Waals surface area contributed by atoms with Crippen LogP contribution in [0.2, 0.25) is 0 Å². The molecule has 4 aromatic rings. The summed E-state index contributed by atoms with van der Waals surface area (Å²) in [5.41, 5.74) is 3.86. The lowest BCUT2D eigenvalue weighted by atomic mass is 10.0. The lowest BCUT2D eigenvalue weighted by Crippen LogP contribution is -2.24. The highest BCUT2D eigenvalue weighted by atomic mass is 19.1. The fourth-order valence-corrected chi connectivity index (χ4v) is 3.53. The molecule has 0 saturated heterocycles. The molecule has 0 aliphatic heterocycles. The highest BCUT2D eigenvalue weighted by Crippen LogP contribution is 2.21. The van der Waals surface area contributed by atoms with Gasteiger partial charge in [-0.25, -0.2) is 22.7 Å². The van der Waals surface area contributed by atoms with Crippen molar-refractivity contribution < 1.29 is 18.0 Å². The van der Waals surface area contributed by atoms with Crippen LogP contribution in [0.15, 0.2) is 48.7 Å². The molecule has 1 N–H and O–H groups in total. The van der Waals surface area contributed by atoms with E-state index in [4.69, 9.17) is 0 Å². The Morgan fingerprint density at radius 2 is 1.71 bits per heavy atom. The normalized spacial score (nSPS) is 11.1. The maximum Gasteiger partial charge on any atom is 0.257 e. The van der Waals surface area contributed by atoms with E-state index in [0.29, 0.717) is 24.2 Å². The third kappa shape index (κ3) is 4.01. The Balaban J connectivity index is 1.61. The standard InChI is InChI=1S/C23H19F3N4O/c1-13-17(8-15-6-4-3-5-7-15)14(2)30-22(29-13)19(12-28-30)23(31)27-11-18-20(25)9-16(24)10-21(18)26/h3-7,9-10,12H,8,11H2,1-2H3,(H,27,31). The van der Waals surface area contributed by atoms with Gasteiger partial charge in [-0.2, -0.15) is 5.10 Å². The Labute approximate surface area is 176 Å². The van der Waals surface area contributed by atoms with Gasteiger partial charge in [-0.15, -0.1) is 0 Å². The van der Waals surface area contributed by atoms with E-state index in [1.807, 2.05) is 44.2 Å². The van der Waals surface area contributed by atoms with Crippen LogP contribution in [0.4, 0.5) is 13.2 Å². The second-order valence-electron chi connectivity index (χ2n) is 7.25. The van der Waals surface area contributed by atoms with Gasteiger partial charge in [-0.1, -0.05) is 30.3 Å². The van der Waals surface area contributed by atoms with Gasteiger partial charge in [0.05, 0.1) is 6.20 Å². The second-order valence-corrected chi connectivity index (χ2v) is 7.25. The van der Waals surface area contributed by atoms with Crippen LogP contribution in [-0.2, 0) is 13.0 Å². The summed E-state index contributed by atoms with van der Waals surface area (Å²) in [6.07, 6.45) is 2.04. The first-order valence-corrected chi connectivity index (χ1v) is 9.64. The quantitative estimate of drug-likeness (QED) is 0.520. The SMILES string of the molecule is Cc1nc2c(C(=O)NCc3c(F)cc(F)cc3F)cnn2c(C)c1Cc1ccccc1. The highest BCUT2D eigenvalue weighted by molar-refractivity contribution is 5.99. The molecular weight excluding hydrogens is 405 g/mol. The Bertz CT molecular complexity index is 1260. The van der Waals surface area contributed by atoms with Gasteiger partial charge >= 0.3 is 0 Å². The number of benzene rings is 2. The summed E-state index contributed by atoms with van der Waals surface area (Å²) in [5.74, 6) is -3.73. The predicted molar refractivity (Wildman–Crippen MR) is 109 cm³/mol. The van der Waals surface area contributed by atoms with E-state index in [2.05, 4.69) is 15.4 Å². The number of nitrogens with one attached hydrogen (secondary N) is 1. The fraction of sp³-hybridized carbons (Fsp3) is 0.174. The number of hydrogen-bond acceptors (Lipinski definition) is 3. The van der Waals surface area contributed by atoms with Crippen molar-refractivity contribution in [3.05, 3.63) is 99.8 Å². The number of nitrogens with zero attached hydrogens (tertiary/aromatic N) is 3. The highest BCUT2D eigenvalue weighted by Gasteiger charge is 2.19. The molecule has 2 aromatic heterocycles. The number of hydrogen-bond donors (Lipinski definition) is 1. The minimum atomic E-state index is -1.06. The first-order valence-electron chi connectivity index (χ1n) is 9.64. The molecule has 4 rings (SSSR count). The molecule has 8 heteroatoms. The van der Waals surface area contributed by atoms with Crippen LogP contribution in [0.25, 0.3) is 5.65 Å². The summed E-state index contributed by atoms with van der Waals surface area (Å²) in [6.45, 7) is 3.33. The Morgan fingerprint density at radius 1 is 1.03 bits per heavy atom. The molecule has 31 heavy (non-hydrogen) atoms. The number of rotatable bonds is 5. The summed E-state index contributed by atoms with van der Waals surface area (Å²) in [7, 11) is 0. The molecule has 158 valence electrons. The lowest BCUT2D eigenvalue weighted by Gasteiger charge is -2.12. The van der Waals surface area contributed by atoms with Crippen LogP contribution < -0.4 is 5.32 Å². The topological polar surface area (TPSA) is 59.3 Å². The molecule has 0 atom stereocenters. The van der Waals surface area contributed by atoms with Crippen LogP contribution in [0.1, 0.15) is 38.4 Å².